The number of hydrogen-bond donors (Lipinski definition) is 2. The summed E-state index contributed by atoms with van der Waals surface area (Å²) in [5.41, 5.74) is 2.90. The predicted molar refractivity (Wildman–Crippen MR) is 140 cm³/mol. The van der Waals surface area contributed by atoms with Crippen molar-refractivity contribution in [1.29, 1.82) is 0 Å². The number of methoxy groups -OCH3 is 5. The molecule has 0 aliphatic carbocycles. The first-order valence-electron chi connectivity index (χ1n) is 10.9. The number of carbonyl (C=O) groups is 1. The van der Waals surface area contributed by atoms with Gasteiger partial charge in [0.2, 0.25) is 11.7 Å². The van der Waals surface area contributed by atoms with Crippen molar-refractivity contribution < 1.29 is 33.6 Å². The lowest BCUT2D eigenvalue weighted by Crippen LogP contribution is -2.09. The van der Waals surface area contributed by atoms with Crippen LogP contribution in [0, 0.1) is 0 Å². The molecule has 0 atom stereocenters. The number of ether oxygens (including phenoxy) is 5. The van der Waals surface area contributed by atoms with Crippen LogP contribution in [0.5, 0.6) is 34.5 Å². The average molecular weight is 492 g/mol. The number of rotatable bonds is 10. The van der Waals surface area contributed by atoms with E-state index in [1.807, 2.05) is 36.4 Å². The molecule has 36 heavy (non-hydrogen) atoms. The van der Waals surface area contributed by atoms with Crippen molar-refractivity contribution in [3.8, 4) is 34.5 Å². The molecule has 0 bridgehead atoms. The predicted octanol–water partition coefficient (Wildman–Crippen LogP) is 5.26. The molecule has 0 aliphatic heterocycles. The molecule has 8 heteroatoms. The smallest absolute Gasteiger partial charge is 0.248 e. The van der Waals surface area contributed by atoms with Gasteiger partial charge in [0.25, 0.3) is 0 Å². The van der Waals surface area contributed by atoms with E-state index in [9.17, 15) is 9.90 Å². The third-order valence-corrected chi connectivity index (χ3v) is 5.27. The normalized spacial score (nSPS) is 10.9. The van der Waals surface area contributed by atoms with Crippen LogP contribution < -0.4 is 29.0 Å². The monoisotopic (exact) mass is 491 g/mol. The Bertz CT molecular complexity index is 1260. The third-order valence-electron chi connectivity index (χ3n) is 5.27. The lowest BCUT2D eigenvalue weighted by atomic mass is 10.1. The topological polar surface area (TPSA) is 95.5 Å². The molecule has 0 aromatic heterocycles. The number of benzene rings is 3. The molecular formula is C28H29NO7. The van der Waals surface area contributed by atoms with E-state index in [1.165, 1.54) is 26.4 Å². The van der Waals surface area contributed by atoms with E-state index in [2.05, 4.69) is 5.32 Å². The van der Waals surface area contributed by atoms with Gasteiger partial charge < -0.3 is 34.1 Å². The molecule has 0 unspecified atom stereocenters. The SMILES string of the molecule is COc1ccc(/C=C/C(=O)Nc2ccc(/C=C/c3cc(OC)c(OC)c(OC)c3)cc2OC)cc1O. The van der Waals surface area contributed by atoms with E-state index in [4.69, 9.17) is 23.7 Å². The molecule has 3 rings (SSSR count). The van der Waals surface area contributed by atoms with Gasteiger partial charge in [0.15, 0.2) is 23.0 Å². The van der Waals surface area contributed by atoms with E-state index in [-0.39, 0.29) is 11.7 Å². The number of phenolic OH excluding ortho intramolecular Hbond substituents is 1. The van der Waals surface area contributed by atoms with Crippen molar-refractivity contribution in [3.05, 3.63) is 71.3 Å². The molecule has 0 fully saturated rings. The van der Waals surface area contributed by atoms with Gasteiger partial charge in [0.1, 0.15) is 5.75 Å². The average Bonchev–Trinajstić information content (AvgIpc) is 2.90. The second-order valence-corrected chi connectivity index (χ2v) is 7.51. The minimum atomic E-state index is -0.343. The van der Waals surface area contributed by atoms with Crippen LogP contribution in [0.15, 0.2) is 54.6 Å². The first kappa shape index (κ1) is 26.0. The van der Waals surface area contributed by atoms with Crippen molar-refractivity contribution >= 4 is 29.8 Å². The Labute approximate surface area is 210 Å². The van der Waals surface area contributed by atoms with Crippen LogP contribution in [0.25, 0.3) is 18.2 Å². The number of carbonyl (C=O) groups excluding carboxylic acids is 1. The highest BCUT2D eigenvalue weighted by Gasteiger charge is 2.12. The second-order valence-electron chi connectivity index (χ2n) is 7.51. The van der Waals surface area contributed by atoms with Crippen LogP contribution in [0.1, 0.15) is 16.7 Å². The van der Waals surface area contributed by atoms with Gasteiger partial charge in [0, 0.05) is 6.08 Å². The summed E-state index contributed by atoms with van der Waals surface area (Å²) in [5, 5.41) is 12.7. The number of phenols is 1. The van der Waals surface area contributed by atoms with Crippen LogP contribution in [-0.2, 0) is 4.79 Å². The van der Waals surface area contributed by atoms with Crippen molar-refractivity contribution in [2.45, 2.75) is 0 Å². The van der Waals surface area contributed by atoms with Gasteiger partial charge in [0.05, 0.1) is 41.2 Å². The maximum absolute atomic E-state index is 12.4. The molecule has 3 aromatic rings. The highest BCUT2D eigenvalue weighted by molar-refractivity contribution is 6.03. The van der Waals surface area contributed by atoms with Crippen LogP contribution >= 0.6 is 0 Å². The lowest BCUT2D eigenvalue weighted by molar-refractivity contribution is -0.111. The lowest BCUT2D eigenvalue weighted by Gasteiger charge is -2.13. The number of nitrogens with one attached hydrogen (secondary N) is 1. The standard InChI is InChI=1S/C28H29NO7/c1-32-23-12-9-18(14-22(23)30)10-13-27(31)29-21-11-8-19(15-24(21)33-2)6-7-20-16-25(34-3)28(36-5)26(17-20)35-4/h6-17,30H,1-5H3,(H,29,31)/b7-6+,13-10+. The van der Waals surface area contributed by atoms with Gasteiger partial charge in [-0.2, -0.15) is 0 Å². The fraction of sp³-hybridized carbons (Fsp3) is 0.179. The summed E-state index contributed by atoms with van der Waals surface area (Å²) in [4.78, 5) is 12.4. The third kappa shape index (κ3) is 6.29. The van der Waals surface area contributed by atoms with Gasteiger partial charge >= 0.3 is 0 Å². The van der Waals surface area contributed by atoms with Crippen LogP contribution in [0.3, 0.4) is 0 Å². The molecular weight excluding hydrogens is 462 g/mol. The zero-order valence-electron chi connectivity index (χ0n) is 20.8. The molecule has 0 saturated carbocycles. The van der Waals surface area contributed by atoms with Crippen LogP contribution in [0.4, 0.5) is 5.69 Å². The number of amides is 1. The van der Waals surface area contributed by atoms with Crippen molar-refractivity contribution in [2.24, 2.45) is 0 Å². The second kappa shape index (κ2) is 12.2. The summed E-state index contributed by atoms with van der Waals surface area (Å²) in [7, 11) is 7.70. The first-order valence-corrected chi connectivity index (χ1v) is 10.9. The minimum Gasteiger partial charge on any atom is -0.504 e. The summed E-state index contributed by atoms with van der Waals surface area (Å²) >= 11 is 0. The molecule has 188 valence electrons. The van der Waals surface area contributed by atoms with Crippen molar-refractivity contribution in [2.75, 3.05) is 40.9 Å². The Morgan fingerprint density at radius 2 is 1.22 bits per heavy atom. The van der Waals surface area contributed by atoms with Crippen molar-refractivity contribution in [1.82, 2.24) is 0 Å². The quantitative estimate of drug-likeness (QED) is 0.295. The number of anilines is 1. The van der Waals surface area contributed by atoms with Gasteiger partial charge in [-0.1, -0.05) is 24.3 Å². The molecule has 0 aliphatic rings. The largest absolute Gasteiger partial charge is 0.504 e. The van der Waals surface area contributed by atoms with Gasteiger partial charge in [-0.05, 0) is 59.2 Å². The molecule has 3 aromatic carbocycles. The van der Waals surface area contributed by atoms with Crippen LogP contribution in [-0.4, -0.2) is 46.6 Å². The van der Waals surface area contributed by atoms with E-state index in [1.54, 1.807) is 45.6 Å². The number of aromatic hydroxyl groups is 1. The van der Waals surface area contributed by atoms with Crippen molar-refractivity contribution in [3.63, 3.8) is 0 Å². The van der Waals surface area contributed by atoms with E-state index < -0.39 is 0 Å². The zero-order valence-corrected chi connectivity index (χ0v) is 20.8. The van der Waals surface area contributed by atoms with E-state index in [0.717, 1.165) is 11.1 Å². The molecule has 0 saturated heterocycles. The summed E-state index contributed by atoms with van der Waals surface area (Å²) in [6, 6.07) is 14.0. The van der Waals surface area contributed by atoms with Gasteiger partial charge in [-0.3, -0.25) is 4.79 Å². The molecule has 2 N–H and O–H groups in total. The Kier molecular flexibility index (Phi) is 8.83. The highest BCUT2D eigenvalue weighted by atomic mass is 16.5. The minimum absolute atomic E-state index is 0.00287. The first-order chi connectivity index (χ1) is 17.4. The zero-order chi connectivity index (χ0) is 26.1. The summed E-state index contributed by atoms with van der Waals surface area (Å²) in [5.74, 6) is 2.17. The van der Waals surface area contributed by atoms with E-state index in [0.29, 0.717) is 40.0 Å². The van der Waals surface area contributed by atoms with E-state index >= 15 is 0 Å². The molecule has 1 amide bonds. The van der Waals surface area contributed by atoms with Gasteiger partial charge in [-0.15, -0.1) is 0 Å². The Morgan fingerprint density at radius 3 is 1.81 bits per heavy atom. The summed E-state index contributed by atoms with van der Waals surface area (Å²) in [6.45, 7) is 0. The summed E-state index contributed by atoms with van der Waals surface area (Å²) < 4.78 is 26.7. The Morgan fingerprint density at radius 1 is 0.667 bits per heavy atom. The van der Waals surface area contributed by atoms with Crippen LogP contribution in [0.2, 0.25) is 0 Å². The maximum atomic E-state index is 12.4. The van der Waals surface area contributed by atoms with Gasteiger partial charge in [-0.25, -0.2) is 0 Å². The summed E-state index contributed by atoms with van der Waals surface area (Å²) in [6.07, 6.45) is 6.78. The highest BCUT2D eigenvalue weighted by Crippen LogP contribution is 2.38. The fourth-order valence-corrected chi connectivity index (χ4v) is 3.46. The number of hydrogen-bond acceptors (Lipinski definition) is 7. The Balaban J connectivity index is 1.74. The molecule has 0 heterocycles. The fourth-order valence-electron chi connectivity index (χ4n) is 3.46. The molecule has 8 nitrogen and oxygen atoms in total. The molecule has 0 radical (unpaired) electrons. The molecule has 0 spiro atoms. The maximum Gasteiger partial charge on any atom is 0.248 e. The Hall–Kier alpha value is -4.59.